The maximum absolute atomic E-state index is 11.6. The largest absolute Gasteiger partial charge is 0.479 e. The Balaban J connectivity index is 0.920. The quantitative estimate of drug-likeness (QED) is 0.182. The molecule has 0 amide bonds. The van der Waals surface area contributed by atoms with Crippen LogP contribution < -0.4 is 0 Å². The van der Waals surface area contributed by atoms with E-state index < -0.39 is 71.7 Å². The van der Waals surface area contributed by atoms with Crippen molar-refractivity contribution in [1.29, 1.82) is 0 Å². The molecule has 0 aromatic carbocycles. The van der Waals surface area contributed by atoms with Crippen LogP contribution in [0.5, 0.6) is 0 Å². The van der Waals surface area contributed by atoms with Crippen molar-refractivity contribution < 1.29 is 63.5 Å². The fourth-order valence-corrected chi connectivity index (χ4v) is 10.5. The van der Waals surface area contributed by atoms with E-state index in [1.54, 1.807) is 6.08 Å². The van der Waals surface area contributed by atoms with Crippen LogP contribution in [0.1, 0.15) is 125 Å². The molecule has 0 aromatic rings. The van der Waals surface area contributed by atoms with E-state index in [9.17, 15) is 30.3 Å². The Hall–Kier alpha value is -1.75. The van der Waals surface area contributed by atoms with Crippen LogP contribution in [0.3, 0.4) is 0 Å². The summed E-state index contributed by atoms with van der Waals surface area (Å²) < 4.78 is 45.2. The van der Waals surface area contributed by atoms with E-state index in [2.05, 4.69) is 26.5 Å². The zero-order valence-electron chi connectivity index (χ0n) is 34.6. The molecule has 5 N–H and O–H groups in total. The molecule has 0 saturated carbocycles. The lowest BCUT2D eigenvalue weighted by molar-refractivity contribution is -0.321. The number of carbonyl (C=O) groups is 1. The van der Waals surface area contributed by atoms with Gasteiger partial charge in [-0.2, -0.15) is 0 Å². The Labute approximate surface area is 337 Å². The van der Waals surface area contributed by atoms with Gasteiger partial charge in [0, 0.05) is 38.0 Å². The SMILES string of the molecule is C=C1[C@@H](O)[C@@H]2O[C@@]3(CCC2O[C@@H]1[C@@H](O)C[C@H](C)C1O[C@@]2(CCCCO2)CC[C@H]1C)CC[C@H](/C=C/[C@@H](C)[C@@H]1CC(C)=C[C@@]2(O[C@H](CC(C)(O)C(=O)O)CC[C@H]2O)O1)O3. The Bertz CT molecular complexity index is 1510. The first-order valence-corrected chi connectivity index (χ1v) is 21.7. The van der Waals surface area contributed by atoms with Gasteiger partial charge in [-0.05, 0) is 95.1 Å². The molecular weight excluding hydrogens is 736 g/mol. The van der Waals surface area contributed by atoms with Gasteiger partial charge < -0.3 is 58.7 Å². The van der Waals surface area contributed by atoms with Gasteiger partial charge in [0.2, 0.25) is 5.79 Å². The van der Waals surface area contributed by atoms with Crippen molar-refractivity contribution >= 4 is 5.97 Å². The van der Waals surface area contributed by atoms with E-state index in [-0.39, 0.29) is 36.6 Å². The summed E-state index contributed by atoms with van der Waals surface area (Å²) in [6.45, 7) is 14.5. The highest BCUT2D eigenvalue weighted by atomic mass is 16.7. The summed E-state index contributed by atoms with van der Waals surface area (Å²) >= 11 is 0. The van der Waals surface area contributed by atoms with E-state index in [4.69, 9.17) is 33.2 Å². The molecule has 7 heterocycles. The fourth-order valence-electron chi connectivity index (χ4n) is 10.5. The predicted molar refractivity (Wildman–Crippen MR) is 208 cm³/mol. The number of rotatable bonds is 10. The summed E-state index contributed by atoms with van der Waals surface area (Å²) in [7, 11) is 0. The summed E-state index contributed by atoms with van der Waals surface area (Å²) in [5, 5.41) is 54.0. The van der Waals surface area contributed by atoms with E-state index in [0.29, 0.717) is 56.4 Å². The second kappa shape index (κ2) is 17.0. The minimum atomic E-state index is -1.96. The van der Waals surface area contributed by atoms with Crippen LogP contribution in [0.15, 0.2) is 36.0 Å². The van der Waals surface area contributed by atoms with Crippen molar-refractivity contribution in [3.05, 3.63) is 36.0 Å². The lowest BCUT2D eigenvalue weighted by Crippen LogP contribution is -2.60. The summed E-state index contributed by atoms with van der Waals surface area (Å²) in [5.41, 5.74) is -0.551. The van der Waals surface area contributed by atoms with Crippen LogP contribution in [0.2, 0.25) is 0 Å². The van der Waals surface area contributed by atoms with Crippen LogP contribution in [-0.4, -0.2) is 122 Å². The molecule has 6 saturated heterocycles. The Morgan fingerprint density at radius 1 is 1.00 bits per heavy atom. The van der Waals surface area contributed by atoms with E-state index in [1.165, 1.54) is 6.92 Å². The number of fused-ring (bicyclic) bond motifs is 1. The normalized spacial score (nSPS) is 45.4. The van der Waals surface area contributed by atoms with Gasteiger partial charge in [0.25, 0.3) is 0 Å². The van der Waals surface area contributed by atoms with E-state index in [0.717, 1.165) is 50.7 Å². The monoisotopic (exact) mass is 804 g/mol. The second-order valence-corrected chi connectivity index (χ2v) is 18.9. The van der Waals surface area contributed by atoms with Crippen LogP contribution in [-0.2, 0) is 38.0 Å². The first-order valence-electron chi connectivity index (χ1n) is 21.7. The zero-order chi connectivity index (χ0) is 40.9. The van der Waals surface area contributed by atoms with Crippen molar-refractivity contribution in [3.63, 3.8) is 0 Å². The summed E-state index contributed by atoms with van der Waals surface area (Å²) in [6, 6.07) is 0. The highest BCUT2D eigenvalue weighted by molar-refractivity contribution is 5.76. The molecule has 7 aliphatic heterocycles. The topological polar surface area (TPSA) is 183 Å². The third-order valence-corrected chi connectivity index (χ3v) is 14.0. The lowest BCUT2D eigenvalue weighted by Gasteiger charge is -2.50. The van der Waals surface area contributed by atoms with Gasteiger partial charge in [-0.15, -0.1) is 0 Å². The van der Waals surface area contributed by atoms with Crippen molar-refractivity contribution in [2.24, 2.45) is 17.8 Å². The Morgan fingerprint density at radius 3 is 2.49 bits per heavy atom. The molecular formula is C44H68O13. The lowest BCUT2D eigenvalue weighted by atomic mass is 9.79. The Morgan fingerprint density at radius 2 is 1.75 bits per heavy atom. The molecule has 0 bridgehead atoms. The fraction of sp³-hybridized carbons (Fsp3) is 0.841. The van der Waals surface area contributed by atoms with E-state index in [1.807, 2.05) is 19.9 Å². The number of hydrogen-bond acceptors (Lipinski definition) is 12. The molecule has 17 atom stereocenters. The number of carboxylic acid groups (broad SMARTS) is 1. The number of aliphatic carboxylic acids is 1. The molecule has 322 valence electrons. The molecule has 3 unspecified atom stereocenters. The summed E-state index contributed by atoms with van der Waals surface area (Å²) in [4.78, 5) is 11.6. The third kappa shape index (κ3) is 9.15. The molecule has 0 aromatic heterocycles. The molecule has 13 heteroatoms. The first-order chi connectivity index (χ1) is 26.9. The molecule has 0 aliphatic carbocycles. The van der Waals surface area contributed by atoms with Gasteiger partial charge in [-0.3, -0.25) is 0 Å². The maximum Gasteiger partial charge on any atom is 0.335 e. The predicted octanol–water partition coefficient (Wildman–Crippen LogP) is 5.21. The molecule has 57 heavy (non-hydrogen) atoms. The van der Waals surface area contributed by atoms with Gasteiger partial charge in [0.15, 0.2) is 17.2 Å². The molecule has 7 aliphatic rings. The number of hydrogen-bond donors (Lipinski definition) is 5. The number of carboxylic acids is 1. The van der Waals surface area contributed by atoms with Crippen LogP contribution in [0, 0.1) is 17.8 Å². The summed E-state index contributed by atoms with van der Waals surface area (Å²) in [5.74, 6) is -3.82. The highest BCUT2D eigenvalue weighted by Crippen LogP contribution is 2.47. The first kappa shape index (κ1) is 43.3. The van der Waals surface area contributed by atoms with Gasteiger partial charge in [-0.1, -0.05) is 45.1 Å². The second-order valence-electron chi connectivity index (χ2n) is 18.9. The molecule has 7 rings (SSSR count). The minimum absolute atomic E-state index is 0.0423. The molecule has 13 nitrogen and oxygen atoms in total. The number of ether oxygens (including phenoxy) is 7. The molecule has 6 fully saturated rings. The van der Waals surface area contributed by atoms with Gasteiger partial charge in [0.1, 0.15) is 24.4 Å². The highest BCUT2D eigenvalue weighted by Gasteiger charge is 2.55. The average molecular weight is 805 g/mol. The average Bonchev–Trinajstić information content (AvgIpc) is 3.56. The van der Waals surface area contributed by atoms with Gasteiger partial charge >= 0.3 is 5.97 Å². The van der Waals surface area contributed by atoms with Crippen LogP contribution in [0.25, 0.3) is 0 Å². The standard InChI is InChI=1S/C44H68O13/c1-25-21-34(55-44(23-25)35(46)12-11-31(54-44)24-41(6,50)40(48)49)26(2)9-10-30-14-18-43(53-30)19-15-33-39(57-43)36(47)29(5)38(52-33)32(45)22-28(4)37-27(3)13-17-42(56-37)16-7-8-20-51-42/h9-10,23,26-28,30-39,45-47,50H,5,7-8,11-22,24H2,1-4,6H3,(H,48,49)/b10-9+/t26-,27-,28+,30+,31+,32+,33?,34+,35-,36-,37?,38+,39-,41?,42+,43-,44-/m1/s1. The van der Waals surface area contributed by atoms with Crippen LogP contribution >= 0.6 is 0 Å². The smallest absolute Gasteiger partial charge is 0.335 e. The van der Waals surface area contributed by atoms with E-state index >= 15 is 0 Å². The number of aliphatic hydroxyl groups excluding tert-OH is 3. The van der Waals surface area contributed by atoms with Crippen molar-refractivity contribution in [1.82, 2.24) is 0 Å². The van der Waals surface area contributed by atoms with Crippen molar-refractivity contribution in [3.8, 4) is 0 Å². The third-order valence-electron chi connectivity index (χ3n) is 14.0. The molecule has 3 spiro atoms. The number of aliphatic hydroxyl groups is 4. The Kier molecular flexibility index (Phi) is 12.9. The molecule has 0 radical (unpaired) electrons. The maximum atomic E-state index is 11.6. The summed E-state index contributed by atoms with van der Waals surface area (Å²) in [6.07, 6.45) is 9.37. The minimum Gasteiger partial charge on any atom is -0.479 e. The van der Waals surface area contributed by atoms with Crippen LogP contribution in [0.4, 0.5) is 0 Å². The van der Waals surface area contributed by atoms with Gasteiger partial charge in [0.05, 0.1) is 43.2 Å². The van der Waals surface area contributed by atoms with Crippen molar-refractivity contribution in [2.75, 3.05) is 6.61 Å². The zero-order valence-corrected chi connectivity index (χ0v) is 34.6. The van der Waals surface area contributed by atoms with Gasteiger partial charge in [-0.25, -0.2) is 4.79 Å². The van der Waals surface area contributed by atoms with Crippen molar-refractivity contribution in [2.45, 2.75) is 209 Å².